The van der Waals surface area contributed by atoms with Crippen LogP contribution < -0.4 is 10.0 Å². The Morgan fingerprint density at radius 3 is 2.70 bits per heavy atom. The van der Waals surface area contributed by atoms with Crippen molar-refractivity contribution < 1.29 is 22.9 Å². The molecular formula is C20H29N5O6S2. The number of hydrogen-bond donors (Lipinski definition) is 3. The number of aliphatic hydroxyl groups is 1. The second-order valence-corrected chi connectivity index (χ2v) is 10.4. The fourth-order valence-corrected chi connectivity index (χ4v) is 3.97. The predicted molar refractivity (Wildman–Crippen MR) is 129 cm³/mol. The molecule has 0 saturated carbocycles. The highest BCUT2D eigenvalue weighted by Crippen LogP contribution is 2.19. The summed E-state index contributed by atoms with van der Waals surface area (Å²) in [6, 6.07) is 9.47. The molecule has 0 aliphatic carbocycles. The van der Waals surface area contributed by atoms with E-state index in [1.54, 1.807) is 17.8 Å². The first-order valence-corrected chi connectivity index (χ1v) is 13.1. The Labute approximate surface area is 197 Å². The lowest BCUT2D eigenvalue weighted by atomic mass is 10.1. The Kier molecular flexibility index (Phi) is 10.2. The van der Waals surface area contributed by atoms with E-state index in [4.69, 9.17) is 4.42 Å². The van der Waals surface area contributed by atoms with E-state index in [1.165, 1.54) is 18.2 Å². The lowest BCUT2D eigenvalue weighted by Crippen LogP contribution is -2.41. The van der Waals surface area contributed by atoms with Crippen molar-refractivity contribution in [2.75, 3.05) is 39.2 Å². The van der Waals surface area contributed by atoms with Crippen LogP contribution in [0.1, 0.15) is 23.2 Å². The topological polar surface area (TPSA) is 150 Å². The molecule has 0 fully saturated rings. The third-order valence-electron chi connectivity index (χ3n) is 4.14. The van der Waals surface area contributed by atoms with E-state index in [0.717, 1.165) is 24.3 Å². The maximum Gasteiger partial charge on any atom is 0.269 e. The van der Waals surface area contributed by atoms with Gasteiger partial charge in [0.15, 0.2) is 0 Å². The van der Waals surface area contributed by atoms with E-state index >= 15 is 0 Å². The molecule has 0 spiro atoms. The Morgan fingerprint density at radius 2 is 2.03 bits per heavy atom. The van der Waals surface area contributed by atoms with Gasteiger partial charge in [-0.3, -0.25) is 14.8 Å². The van der Waals surface area contributed by atoms with E-state index < -0.39 is 21.1 Å². The van der Waals surface area contributed by atoms with Crippen LogP contribution in [-0.4, -0.2) is 68.5 Å². The second-order valence-electron chi connectivity index (χ2n) is 7.52. The number of benzene rings is 1. The first-order chi connectivity index (χ1) is 15.5. The fourth-order valence-electron chi connectivity index (χ4n) is 2.74. The van der Waals surface area contributed by atoms with Crippen LogP contribution in [0.2, 0.25) is 0 Å². The fraction of sp³-hybridized carbons (Fsp3) is 0.450. The van der Waals surface area contributed by atoms with Crippen LogP contribution in [0.4, 0.5) is 5.69 Å². The van der Waals surface area contributed by atoms with Gasteiger partial charge in [-0.25, -0.2) is 13.4 Å². The van der Waals surface area contributed by atoms with Gasteiger partial charge in [-0.05, 0) is 31.8 Å². The van der Waals surface area contributed by atoms with E-state index in [-0.39, 0.29) is 18.2 Å². The van der Waals surface area contributed by atoms with Gasteiger partial charge in [-0.1, -0.05) is 12.1 Å². The maximum atomic E-state index is 11.6. The minimum absolute atomic E-state index is 0.00570. The van der Waals surface area contributed by atoms with E-state index in [1.807, 2.05) is 31.1 Å². The summed E-state index contributed by atoms with van der Waals surface area (Å²) in [6.45, 7) is 0.968. The predicted octanol–water partition coefficient (Wildman–Crippen LogP) is 1.71. The number of nitrogens with one attached hydrogen (secondary N) is 2. The number of aliphatic imine (C=N–C) groups is 1. The number of guanidine groups is 1. The standard InChI is InChI=1S/C20H29N5O6S2/c1-24(2)13-17-7-8-18(31-17)14-32-10-9-21-20(23-33(3,29)30)22-12-19(26)15-5-4-6-16(11-15)25(27)28/h4-8,11,19,26H,9-10,12-14H2,1-3H3,(H2,21,22,23). The lowest BCUT2D eigenvalue weighted by Gasteiger charge is -2.13. The zero-order valence-electron chi connectivity index (χ0n) is 18.7. The maximum absolute atomic E-state index is 11.6. The summed E-state index contributed by atoms with van der Waals surface area (Å²) in [6.07, 6.45) is -0.134. The van der Waals surface area contributed by atoms with Gasteiger partial charge in [-0.2, -0.15) is 11.8 Å². The van der Waals surface area contributed by atoms with Crippen LogP contribution in [0.25, 0.3) is 0 Å². The average Bonchev–Trinajstić information content (AvgIpc) is 3.16. The number of thioether (sulfide) groups is 1. The van der Waals surface area contributed by atoms with Gasteiger partial charge in [0.25, 0.3) is 5.69 Å². The van der Waals surface area contributed by atoms with Crippen LogP contribution >= 0.6 is 11.8 Å². The summed E-state index contributed by atoms with van der Waals surface area (Å²) in [7, 11) is 0.348. The Hall–Kier alpha value is -2.61. The first kappa shape index (κ1) is 26.6. The van der Waals surface area contributed by atoms with Crippen molar-refractivity contribution in [2.45, 2.75) is 18.4 Å². The molecule has 2 rings (SSSR count). The zero-order chi connectivity index (χ0) is 24.4. The molecule has 0 amide bonds. The highest BCUT2D eigenvalue weighted by Gasteiger charge is 2.13. The summed E-state index contributed by atoms with van der Waals surface area (Å²) in [5.74, 6) is 3.07. The van der Waals surface area contributed by atoms with Gasteiger partial charge in [0.2, 0.25) is 16.0 Å². The summed E-state index contributed by atoms with van der Waals surface area (Å²) in [5, 5.41) is 24.1. The van der Waals surface area contributed by atoms with Gasteiger partial charge < -0.3 is 19.7 Å². The molecule has 0 aliphatic rings. The summed E-state index contributed by atoms with van der Waals surface area (Å²) in [5.41, 5.74) is 0.167. The highest BCUT2D eigenvalue weighted by atomic mass is 32.2. The molecule has 0 bridgehead atoms. The summed E-state index contributed by atoms with van der Waals surface area (Å²) >= 11 is 1.61. The molecule has 0 radical (unpaired) electrons. The van der Waals surface area contributed by atoms with Gasteiger partial charge in [0.05, 0.1) is 36.1 Å². The zero-order valence-corrected chi connectivity index (χ0v) is 20.4. The van der Waals surface area contributed by atoms with Crippen molar-refractivity contribution >= 4 is 33.4 Å². The van der Waals surface area contributed by atoms with Crippen LogP contribution in [0.15, 0.2) is 45.8 Å². The van der Waals surface area contributed by atoms with Crippen LogP contribution in [-0.2, 0) is 22.3 Å². The van der Waals surface area contributed by atoms with Crippen molar-refractivity contribution in [3.8, 4) is 0 Å². The van der Waals surface area contributed by atoms with Gasteiger partial charge in [-0.15, -0.1) is 0 Å². The number of rotatable bonds is 12. The monoisotopic (exact) mass is 499 g/mol. The van der Waals surface area contributed by atoms with Crippen molar-refractivity contribution in [1.82, 2.24) is 14.9 Å². The number of aliphatic hydroxyl groups excluding tert-OH is 1. The minimum Gasteiger partial charge on any atom is -0.464 e. The summed E-state index contributed by atoms with van der Waals surface area (Å²) < 4.78 is 31.3. The van der Waals surface area contributed by atoms with Crippen molar-refractivity contribution in [2.24, 2.45) is 4.99 Å². The smallest absolute Gasteiger partial charge is 0.269 e. The molecule has 3 N–H and O–H groups in total. The third-order valence-corrected chi connectivity index (χ3v) is 5.69. The van der Waals surface area contributed by atoms with Gasteiger partial charge in [0, 0.05) is 24.4 Å². The lowest BCUT2D eigenvalue weighted by molar-refractivity contribution is -0.385. The normalized spacial score (nSPS) is 13.2. The van der Waals surface area contributed by atoms with E-state index in [9.17, 15) is 23.6 Å². The average molecular weight is 500 g/mol. The van der Waals surface area contributed by atoms with Crippen molar-refractivity contribution in [3.05, 3.63) is 63.6 Å². The molecule has 1 atom stereocenters. The molecule has 1 unspecified atom stereocenters. The SMILES string of the molecule is CN(C)Cc1ccc(CSCCNC(=NCC(O)c2cccc([N+](=O)[O-])c2)NS(C)(=O)=O)o1. The molecule has 2 aromatic rings. The molecule has 33 heavy (non-hydrogen) atoms. The molecule has 13 heteroatoms. The molecule has 0 aliphatic heterocycles. The van der Waals surface area contributed by atoms with E-state index in [0.29, 0.717) is 23.6 Å². The van der Waals surface area contributed by atoms with Crippen molar-refractivity contribution in [1.29, 1.82) is 0 Å². The Bertz CT molecular complexity index is 1050. The first-order valence-electron chi connectivity index (χ1n) is 10.0. The molecular weight excluding hydrogens is 470 g/mol. The van der Waals surface area contributed by atoms with E-state index in [2.05, 4.69) is 15.0 Å². The molecule has 1 aromatic carbocycles. The minimum atomic E-state index is -3.59. The molecule has 0 saturated heterocycles. The van der Waals surface area contributed by atoms with Crippen LogP contribution in [0.3, 0.4) is 0 Å². The number of sulfonamides is 1. The Balaban J connectivity index is 1.88. The summed E-state index contributed by atoms with van der Waals surface area (Å²) in [4.78, 5) is 16.5. The number of furan rings is 1. The molecule has 182 valence electrons. The third kappa shape index (κ3) is 10.2. The van der Waals surface area contributed by atoms with Crippen LogP contribution in [0.5, 0.6) is 0 Å². The quantitative estimate of drug-likeness (QED) is 0.130. The molecule has 1 heterocycles. The number of hydrogen-bond acceptors (Lipinski definition) is 9. The highest BCUT2D eigenvalue weighted by molar-refractivity contribution is 7.98. The largest absolute Gasteiger partial charge is 0.464 e. The second kappa shape index (κ2) is 12.6. The molecule has 1 aromatic heterocycles. The molecule has 11 nitrogen and oxygen atoms in total. The Morgan fingerprint density at radius 1 is 1.30 bits per heavy atom. The number of non-ortho nitro benzene ring substituents is 1. The number of nitro benzene ring substituents is 1. The van der Waals surface area contributed by atoms with Gasteiger partial charge >= 0.3 is 0 Å². The van der Waals surface area contributed by atoms with Crippen LogP contribution in [0, 0.1) is 10.1 Å². The van der Waals surface area contributed by atoms with Crippen molar-refractivity contribution in [3.63, 3.8) is 0 Å². The van der Waals surface area contributed by atoms with Gasteiger partial charge in [0.1, 0.15) is 11.5 Å². The number of nitro groups is 1. The number of nitrogens with zero attached hydrogens (tertiary/aromatic N) is 3.